The molecule has 23 atom stereocenters. The highest BCUT2D eigenvalue weighted by Crippen LogP contribution is 2.37. The number of ether oxygens (including phenoxy) is 3. The fourth-order valence-electron chi connectivity index (χ4n) is 11.0. The van der Waals surface area contributed by atoms with Gasteiger partial charge in [-0.25, -0.2) is 0 Å². The number of unbranched alkanes of at least 4 members (excludes halogenated alkanes) is 3. The number of fused-ring (bicyclic) bond motifs is 2. The molecular weight excluding hydrogens is 1110 g/mol. The molecule has 0 aromatic heterocycles. The Labute approximate surface area is 503 Å². The molecule has 492 valence electrons. The number of nitrogens with zero attached hydrogens (tertiary/aromatic N) is 1. The first-order valence-corrected chi connectivity index (χ1v) is 30.5. The Balaban J connectivity index is 2.49. The number of rotatable bonds is 12. The lowest BCUT2D eigenvalue weighted by Gasteiger charge is -2.45. The van der Waals surface area contributed by atoms with Crippen molar-refractivity contribution >= 4 is 23.9 Å². The molecule has 0 radical (unpaired) electrons. The minimum absolute atomic E-state index is 0.0168. The molecule has 2 rings (SSSR count). The summed E-state index contributed by atoms with van der Waals surface area (Å²) in [6.45, 7) is 16.1. The molecule has 23 heteroatoms. The monoisotopic (exact) mass is 1220 g/mol. The van der Waals surface area contributed by atoms with Gasteiger partial charge in [-0.2, -0.15) is 0 Å². The van der Waals surface area contributed by atoms with E-state index >= 15 is 0 Å². The molecule has 2 aliphatic rings. The molecule has 85 heavy (non-hydrogen) atoms. The zero-order chi connectivity index (χ0) is 64.5. The second kappa shape index (κ2) is 38.5. The largest absolute Gasteiger partial charge is 0.481 e. The summed E-state index contributed by atoms with van der Waals surface area (Å²) in [6, 6.07) is 0. The van der Waals surface area contributed by atoms with Crippen LogP contribution in [-0.4, -0.2) is 206 Å². The van der Waals surface area contributed by atoms with E-state index in [0.717, 1.165) is 31.3 Å². The van der Waals surface area contributed by atoms with Crippen molar-refractivity contribution in [2.75, 3.05) is 13.6 Å². The Morgan fingerprint density at radius 2 is 1.39 bits per heavy atom. The third kappa shape index (κ3) is 27.6. The van der Waals surface area contributed by atoms with Gasteiger partial charge < -0.3 is 96.8 Å². The lowest BCUT2D eigenvalue weighted by atomic mass is 9.83. The lowest BCUT2D eigenvalue weighted by Crippen LogP contribution is -2.60. The van der Waals surface area contributed by atoms with Crippen LogP contribution in [0.2, 0.25) is 0 Å². The van der Waals surface area contributed by atoms with Crippen LogP contribution in [0.3, 0.4) is 0 Å². The van der Waals surface area contributed by atoms with Gasteiger partial charge in [-0.3, -0.25) is 19.4 Å². The molecule has 0 saturated carbocycles. The van der Waals surface area contributed by atoms with Crippen molar-refractivity contribution in [3.8, 4) is 0 Å². The number of nitrogens with two attached hydrogens (primary N) is 1. The van der Waals surface area contributed by atoms with Crippen LogP contribution in [0.4, 0.5) is 0 Å². The summed E-state index contributed by atoms with van der Waals surface area (Å²) in [5, 5.41) is 158. The van der Waals surface area contributed by atoms with E-state index in [1.807, 2.05) is 20.8 Å². The van der Waals surface area contributed by atoms with Gasteiger partial charge in [0.05, 0.1) is 79.2 Å². The molecule has 2 heterocycles. The van der Waals surface area contributed by atoms with Crippen LogP contribution in [-0.2, 0) is 28.6 Å². The van der Waals surface area contributed by atoms with Crippen molar-refractivity contribution in [1.29, 1.82) is 0 Å². The van der Waals surface area contributed by atoms with E-state index in [4.69, 9.17) is 19.9 Å². The number of aliphatic imine (C=N–C) groups is 1. The summed E-state index contributed by atoms with van der Waals surface area (Å²) in [5.74, 6) is -10.3. The third-order valence-corrected chi connectivity index (χ3v) is 17.3. The van der Waals surface area contributed by atoms with Gasteiger partial charge in [0.1, 0.15) is 24.7 Å². The summed E-state index contributed by atoms with van der Waals surface area (Å²) >= 11 is 0. The highest BCUT2D eigenvalue weighted by atomic mass is 16.7. The van der Waals surface area contributed by atoms with Crippen molar-refractivity contribution in [3.05, 3.63) is 47.6 Å². The number of aliphatic hydroxyl groups is 13. The van der Waals surface area contributed by atoms with Gasteiger partial charge >= 0.3 is 17.9 Å². The highest BCUT2D eigenvalue weighted by Gasteiger charge is 2.50. The van der Waals surface area contributed by atoms with E-state index in [0.29, 0.717) is 24.5 Å². The van der Waals surface area contributed by atoms with Gasteiger partial charge in [0, 0.05) is 62.9 Å². The molecule has 0 amide bonds. The average molecular weight is 1220 g/mol. The quantitative estimate of drug-likeness (QED) is 0.0333. The summed E-state index contributed by atoms with van der Waals surface area (Å²) in [4.78, 5) is 41.9. The van der Waals surface area contributed by atoms with Crippen LogP contribution in [0, 0.1) is 41.4 Å². The second-order valence-electron chi connectivity index (χ2n) is 24.8. The average Bonchev–Trinajstić information content (AvgIpc) is 1.73. The van der Waals surface area contributed by atoms with Crippen LogP contribution in [0.1, 0.15) is 165 Å². The summed E-state index contributed by atoms with van der Waals surface area (Å²) in [6.07, 6.45) is -8.56. The number of carboxylic acid groups (broad SMARTS) is 1. The number of guanidine groups is 1. The van der Waals surface area contributed by atoms with Crippen LogP contribution in [0.5, 0.6) is 0 Å². The molecule has 0 aliphatic carbocycles. The maximum absolute atomic E-state index is 13.9. The van der Waals surface area contributed by atoms with E-state index in [2.05, 4.69) is 16.4 Å². The number of hydrogen-bond acceptors (Lipinski definition) is 20. The highest BCUT2D eigenvalue weighted by molar-refractivity contribution is 5.90. The van der Waals surface area contributed by atoms with Gasteiger partial charge in [-0.15, -0.1) is 0 Å². The molecule has 17 N–H and O–H groups in total. The van der Waals surface area contributed by atoms with Gasteiger partial charge in [-0.1, -0.05) is 90.0 Å². The number of esters is 2. The Kier molecular flexibility index (Phi) is 34.9. The number of allylic oxidation sites excluding steroid dienone is 4. The lowest BCUT2D eigenvalue weighted by molar-refractivity contribution is -0.333. The first kappa shape index (κ1) is 77.2. The van der Waals surface area contributed by atoms with Crippen LogP contribution in [0.15, 0.2) is 52.6 Å². The number of carbonyl (C=O) groups is 3. The molecular formula is C62H109N3O20. The molecule has 0 aromatic carbocycles. The molecule has 0 aromatic rings. The maximum atomic E-state index is 13.9. The first-order chi connectivity index (χ1) is 39.7. The number of nitrogens with one attached hydrogen (secondary N) is 1. The van der Waals surface area contributed by atoms with Gasteiger partial charge in [0.15, 0.2) is 11.7 Å². The predicted octanol–water partition coefficient (Wildman–Crippen LogP) is 2.56. The Bertz CT molecular complexity index is 2130. The van der Waals surface area contributed by atoms with Crippen LogP contribution in [0.25, 0.3) is 0 Å². The standard InChI is InChI=1S/C62H109N3O20/c1-34(17-13-11-12-16-24-65-61(63)64-10)25-38(5)58-37(4)18-14-15-19-47(68)39(6)50(71)28-44(67)26-43(66)27-45(83-56(78)32-55(76)77)29-46-30-53(74)59(80)62(82,85-46)33-54(75)35(2)20-22-48(69)40(7)51(72)31-52(73)41(8)49(70)23-21-36(3)57(79)42(9)60(81)84-58/h14-15,17-19,21,35,37-54,57-59,66-75,79-80,82H,11-13,16,20,22-33H2,1-10H3,(H,76,77)(H3,63,64,65). The molecule has 0 spiro atoms. The van der Waals surface area contributed by atoms with Crippen molar-refractivity contribution in [3.63, 3.8) is 0 Å². The first-order valence-electron chi connectivity index (χ1n) is 30.5. The van der Waals surface area contributed by atoms with Crippen molar-refractivity contribution in [2.24, 2.45) is 52.2 Å². The fourth-order valence-corrected chi connectivity index (χ4v) is 11.0. The molecule has 2 aliphatic heterocycles. The van der Waals surface area contributed by atoms with Crippen LogP contribution < -0.4 is 11.1 Å². The normalized spacial score (nSPS) is 38.4. The Morgan fingerprint density at radius 1 is 0.776 bits per heavy atom. The Morgan fingerprint density at radius 3 is 2.02 bits per heavy atom. The summed E-state index contributed by atoms with van der Waals surface area (Å²) in [7, 11) is 1.62. The van der Waals surface area contributed by atoms with E-state index in [9.17, 15) is 85.9 Å². The number of aliphatic carboxylic acids is 1. The van der Waals surface area contributed by atoms with Crippen molar-refractivity contribution in [1.82, 2.24) is 5.32 Å². The topological polar surface area (TPSA) is 413 Å². The number of carboxylic acids is 1. The minimum Gasteiger partial charge on any atom is -0.481 e. The van der Waals surface area contributed by atoms with E-state index in [1.54, 1.807) is 72.9 Å². The SMILES string of the molecule is CN=C(N)NCCCCCC=C(C)CC(C)C1OC(=O)C(C)C(O)C(C)=CCC(O)C(C)C(O)CC(O)C(C)C(O)CCC(C)C(O)CC2(O)OC(CC(OC(=O)CC(=O)O)CC(O)CC(O)CC(O)C(C)C(O)C=CC=CC1C)CC(O)C2O. The van der Waals surface area contributed by atoms with E-state index in [1.165, 1.54) is 6.08 Å². The van der Waals surface area contributed by atoms with Gasteiger partial charge in [0.2, 0.25) is 0 Å². The zero-order valence-corrected chi connectivity index (χ0v) is 51.9. The predicted molar refractivity (Wildman–Crippen MR) is 319 cm³/mol. The number of hydrogen-bond donors (Lipinski definition) is 16. The molecule has 1 saturated heterocycles. The maximum Gasteiger partial charge on any atom is 0.317 e. The molecule has 1 fully saturated rings. The van der Waals surface area contributed by atoms with E-state index in [-0.39, 0.29) is 63.2 Å². The fraction of sp³-hybridized carbons (Fsp3) is 0.806. The van der Waals surface area contributed by atoms with Gasteiger partial charge in [0.25, 0.3) is 0 Å². The second-order valence-corrected chi connectivity index (χ2v) is 24.8. The Hall–Kier alpha value is -3.92. The van der Waals surface area contributed by atoms with Crippen molar-refractivity contribution < 1.29 is 100 Å². The smallest absolute Gasteiger partial charge is 0.317 e. The molecule has 23 unspecified atom stereocenters. The van der Waals surface area contributed by atoms with E-state index < -0.39 is 164 Å². The summed E-state index contributed by atoms with van der Waals surface area (Å²) in [5.41, 5.74) is 7.20. The summed E-state index contributed by atoms with van der Waals surface area (Å²) < 4.78 is 17.5. The van der Waals surface area contributed by atoms with Crippen molar-refractivity contribution in [2.45, 2.75) is 262 Å². The zero-order valence-electron chi connectivity index (χ0n) is 51.9. The number of carbonyl (C=O) groups excluding carboxylic acids is 2. The number of cyclic esters (lactones) is 1. The third-order valence-electron chi connectivity index (χ3n) is 17.3. The van der Waals surface area contributed by atoms with Gasteiger partial charge in [-0.05, 0) is 102 Å². The number of aliphatic hydroxyl groups excluding tert-OH is 12. The minimum atomic E-state index is -2.57. The molecule has 23 nitrogen and oxygen atoms in total. The van der Waals surface area contributed by atoms with Crippen LogP contribution >= 0.6 is 0 Å². The molecule has 2 bridgehead atoms.